The van der Waals surface area contributed by atoms with Crippen molar-refractivity contribution in [3.05, 3.63) is 11.8 Å². The molecular formula is C17H30N4O3. The number of nitrogens with zero attached hydrogens (tertiary/aromatic N) is 3. The normalized spacial score (nSPS) is 20.9. The largest absolute Gasteiger partial charge is 0.380 e. The van der Waals surface area contributed by atoms with Gasteiger partial charge in [-0.05, 0) is 27.2 Å². The number of amides is 1. The predicted molar refractivity (Wildman–Crippen MR) is 93.0 cm³/mol. The van der Waals surface area contributed by atoms with Crippen LogP contribution in [-0.2, 0) is 9.53 Å². The molecule has 2 unspecified atom stereocenters. The molecule has 2 atom stereocenters. The van der Waals surface area contributed by atoms with Crippen molar-refractivity contribution in [2.45, 2.75) is 46.2 Å². The zero-order chi connectivity index (χ0) is 17.5. The topological polar surface area (TPSA) is 70.8 Å². The monoisotopic (exact) mass is 338 g/mol. The van der Waals surface area contributed by atoms with Crippen LogP contribution in [-0.4, -0.2) is 72.3 Å². The van der Waals surface area contributed by atoms with Gasteiger partial charge in [0.1, 0.15) is 5.76 Å². The van der Waals surface area contributed by atoms with E-state index in [9.17, 15) is 4.79 Å². The Bertz CT molecular complexity index is 520. The average molecular weight is 338 g/mol. The van der Waals surface area contributed by atoms with Crippen molar-refractivity contribution in [2.75, 3.05) is 44.7 Å². The minimum Gasteiger partial charge on any atom is -0.380 e. The van der Waals surface area contributed by atoms with Crippen LogP contribution in [0.1, 0.15) is 33.0 Å². The van der Waals surface area contributed by atoms with Crippen LogP contribution in [0.4, 0.5) is 5.82 Å². The van der Waals surface area contributed by atoms with Crippen molar-refractivity contribution >= 4 is 11.7 Å². The van der Waals surface area contributed by atoms with Crippen molar-refractivity contribution in [3.63, 3.8) is 0 Å². The summed E-state index contributed by atoms with van der Waals surface area (Å²) in [6.45, 7) is 13.3. The smallest absolute Gasteiger partial charge is 0.242 e. The van der Waals surface area contributed by atoms with Crippen LogP contribution in [0, 0.1) is 6.92 Å². The Hall–Kier alpha value is -1.44. The standard InChI is InChI=1S/C17H30N4O3/c1-5-15(17(22)18-16-11-14(4)24-19-16)21-8-7-20(13(3)12-21)9-10-23-6-2/h11,13,15H,5-10,12H2,1-4H3,(H,18,19,22). The van der Waals surface area contributed by atoms with Gasteiger partial charge in [0.05, 0.1) is 12.6 Å². The molecule has 7 nitrogen and oxygen atoms in total. The van der Waals surface area contributed by atoms with Gasteiger partial charge in [-0.15, -0.1) is 0 Å². The van der Waals surface area contributed by atoms with Crippen LogP contribution < -0.4 is 5.32 Å². The molecule has 2 heterocycles. The minimum absolute atomic E-state index is 0.0132. The van der Waals surface area contributed by atoms with E-state index in [4.69, 9.17) is 9.26 Å². The van der Waals surface area contributed by atoms with Gasteiger partial charge < -0.3 is 14.6 Å². The number of nitrogens with one attached hydrogen (secondary N) is 1. The highest BCUT2D eigenvalue weighted by molar-refractivity contribution is 5.94. The summed E-state index contributed by atoms with van der Waals surface area (Å²) in [6.07, 6.45) is 0.772. The predicted octanol–water partition coefficient (Wildman–Crippen LogP) is 1.74. The van der Waals surface area contributed by atoms with Crippen molar-refractivity contribution in [3.8, 4) is 0 Å². The van der Waals surface area contributed by atoms with E-state index in [1.807, 2.05) is 20.8 Å². The number of piperazine rings is 1. The van der Waals surface area contributed by atoms with Gasteiger partial charge in [-0.1, -0.05) is 12.1 Å². The molecule has 1 aromatic heterocycles. The summed E-state index contributed by atoms with van der Waals surface area (Å²) in [5.41, 5.74) is 0. The summed E-state index contributed by atoms with van der Waals surface area (Å²) in [5.74, 6) is 1.16. The fourth-order valence-electron chi connectivity index (χ4n) is 3.21. The van der Waals surface area contributed by atoms with E-state index in [1.165, 1.54) is 0 Å². The van der Waals surface area contributed by atoms with Crippen LogP contribution in [0.5, 0.6) is 0 Å². The fraction of sp³-hybridized carbons (Fsp3) is 0.765. The van der Waals surface area contributed by atoms with E-state index in [2.05, 4.69) is 27.2 Å². The second kappa shape index (κ2) is 9.15. The van der Waals surface area contributed by atoms with E-state index in [1.54, 1.807) is 6.07 Å². The van der Waals surface area contributed by atoms with E-state index in [-0.39, 0.29) is 11.9 Å². The number of carbonyl (C=O) groups excluding carboxylic acids is 1. The molecule has 0 bridgehead atoms. The molecule has 0 radical (unpaired) electrons. The first-order valence-corrected chi connectivity index (χ1v) is 8.85. The number of hydrogen-bond donors (Lipinski definition) is 1. The zero-order valence-electron chi connectivity index (χ0n) is 15.2. The van der Waals surface area contributed by atoms with E-state index < -0.39 is 0 Å². The Morgan fingerprint density at radius 2 is 2.29 bits per heavy atom. The molecule has 0 spiro atoms. The maximum absolute atomic E-state index is 12.6. The lowest BCUT2D eigenvalue weighted by Crippen LogP contribution is -2.57. The first-order valence-electron chi connectivity index (χ1n) is 8.85. The molecule has 1 saturated heterocycles. The van der Waals surface area contributed by atoms with Crippen LogP contribution in [0.25, 0.3) is 0 Å². The summed E-state index contributed by atoms with van der Waals surface area (Å²) in [5, 5.41) is 6.70. The maximum Gasteiger partial charge on any atom is 0.242 e. The second-order valence-electron chi connectivity index (χ2n) is 6.31. The van der Waals surface area contributed by atoms with Crippen LogP contribution in [0.15, 0.2) is 10.6 Å². The molecule has 7 heteroatoms. The first-order chi connectivity index (χ1) is 11.5. The van der Waals surface area contributed by atoms with Gasteiger partial charge in [-0.3, -0.25) is 14.6 Å². The molecule has 2 rings (SSSR count). The molecule has 1 aliphatic heterocycles. The average Bonchev–Trinajstić information content (AvgIpc) is 2.95. The molecule has 0 saturated carbocycles. The quantitative estimate of drug-likeness (QED) is 0.728. The molecular weight excluding hydrogens is 308 g/mol. The van der Waals surface area contributed by atoms with E-state index in [0.717, 1.165) is 45.8 Å². The molecule has 1 aromatic rings. The number of aryl methyl sites for hydroxylation is 1. The lowest BCUT2D eigenvalue weighted by atomic mass is 10.1. The molecule has 0 aliphatic carbocycles. The summed E-state index contributed by atoms with van der Waals surface area (Å²) in [7, 11) is 0. The highest BCUT2D eigenvalue weighted by atomic mass is 16.5. The van der Waals surface area contributed by atoms with Crippen LogP contribution in [0.3, 0.4) is 0 Å². The van der Waals surface area contributed by atoms with Gasteiger partial charge in [0.25, 0.3) is 0 Å². The number of rotatable bonds is 8. The van der Waals surface area contributed by atoms with Crippen LogP contribution >= 0.6 is 0 Å². The molecule has 1 aliphatic rings. The third-order valence-electron chi connectivity index (χ3n) is 4.53. The minimum atomic E-state index is -0.140. The fourth-order valence-corrected chi connectivity index (χ4v) is 3.21. The second-order valence-corrected chi connectivity index (χ2v) is 6.31. The van der Waals surface area contributed by atoms with Crippen molar-refractivity contribution < 1.29 is 14.1 Å². The molecule has 1 amide bonds. The molecule has 0 aromatic carbocycles. The number of carbonyl (C=O) groups is 1. The maximum atomic E-state index is 12.6. The van der Waals surface area contributed by atoms with Crippen LogP contribution in [0.2, 0.25) is 0 Å². The third kappa shape index (κ3) is 5.03. The molecule has 1 N–H and O–H groups in total. The number of ether oxygens (including phenoxy) is 1. The Labute approximate surface area is 144 Å². The van der Waals surface area contributed by atoms with Gasteiger partial charge in [0.2, 0.25) is 5.91 Å². The van der Waals surface area contributed by atoms with Crippen molar-refractivity contribution in [1.29, 1.82) is 0 Å². The zero-order valence-corrected chi connectivity index (χ0v) is 15.2. The lowest BCUT2D eigenvalue weighted by Gasteiger charge is -2.42. The summed E-state index contributed by atoms with van der Waals surface area (Å²) in [4.78, 5) is 17.3. The molecule has 1 fully saturated rings. The van der Waals surface area contributed by atoms with Gasteiger partial charge >= 0.3 is 0 Å². The van der Waals surface area contributed by atoms with E-state index in [0.29, 0.717) is 17.6 Å². The van der Waals surface area contributed by atoms with Gasteiger partial charge in [0.15, 0.2) is 5.82 Å². The number of hydrogen-bond acceptors (Lipinski definition) is 6. The van der Waals surface area contributed by atoms with Crippen molar-refractivity contribution in [1.82, 2.24) is 15.0 Å². The molecule has 24 heavy (non-hydrogen) atoms. The highest BCUT2D eigenvalue weighted by Crippen LogP contribution is 2.16. The highest BCUT2D eigenvalue weighted by Gasteiger charge is 2.31. The first kappa shape index (κ1) is 18.9. The van der Waals surface area contributed by atoms with Gasteiger partial charge in [-0.25, -0.2) is 0 Å². The number of anilines is 1. The van der Waals surface area contributed by atoms with Gasteiger partial charge in [0, 0.05) is 44.9 Å². The SMILES string of the molecule is CCOCCN1CCN(C(CC)C(=O)Nc2cc(C)on2)CC1C. The third-order valence-corrected chi connectivity index (χ3v) is 4.53. The lowest BCUT2D eigenvalue weighted by molar-refractivity contribution is -0.122. The summed E-state index contributed by atoms with van der Waals surface area (Å²) in [6, 6.07) is 2.01. The van der Waals surface area contributed by atoms with Crippen molar-refractivity contribution in [2.24, 2.45) is 0 Å². The van der Waals surface area contributed by atoms with E-state index >= 15 is 0 Å². The Morgan fingerprint density at radius 1 is 1.50 bits per heavy atom. The number of aromatic nitrogens is 1. The molecule has 136 valence electrons. The Balaban J connectivity index is 1.88. The summed E-state index contributed by atoms with van der Waals surface area (Å²) < 4.78 is 10.5. The van der Waals surface area contributed by atoms with Gasteiger partial charge in [-0.2, -0.15) is 0 Å². The summed E-state index contributed by atoms with van der Waals surface area (Å²) >= 11 is 0. The Morgan fingerprint density at radius 3 is 2.88 bits per heavy atom. The Kier molecular flexibility index (Phi) is 7.20.